The van der Waals surface area contributed by atoms with Crippen LogP contribution in [0.1, 0.15) is 69.8 Å². The van der Waals surface area contributed by atoms with Crippen molar-refractivity contribution in [1.29, 1.82) is 0 Å². The van der Waals surface area contributed by atoms with E-state index in [0.29, 0.717) is 24.3 Å². The predicted molar refractivity (Wildman–Crippen MR) is 143 cm³/mol. The zero-order valence-electron chi connectivity index (χ0n) is 21.8. The van der Waals surface area contributed by atoms with E-state index in [4.69, 9.17) is 4.74 Å². The van der Waals surface area contributed by atoms with Gasteiger partial charge in [0.1, 0.15) is 6.67 Å². The topological polar surface area (TPSA) is 25.4 Å². The number of halogens is 1. The summed E-state index contributed by atoms with van der Waals surface area (Å²) in [6, 6.07) is 9.15. The zero-order chi connectivity index (χ0) is 24.5. The highest BCUT2D eigenvalue weighted by atomic mass is 19.1. The number of hydrogen-bond acceptors (Lipinski definition) is 3. The van der Waals surface area contributed by atoms with Gasteiger partial charge in [-0.15, -0.1) is 0 Å². The number of hydrogen-bond donors (Lipinski definition) is 0. The molecule has 2 aromatic rings. The van der Waals surface area contributed by atoms with E-state index >= 15 is 0 Å². The van der Waals surface area contributed by atoms with Crippen molar-refractivity contribution < 1.29 is 9.13 Å². The van der Waals surface area contributed by atoms with Gasteiger partial charge in [-0.05, 0) is 116 Å². The molecule has 0 unspecified atom stereocenters. The van der Waals surface area contributed by atoms with Crippen LogP contribution in [0.4, 0.5) is 4.39 Å². The molecule has 0 amide bonds. The monoisotopic (exact) mass is 486 g/mol. The lowest BCUT2D eigenvalue weighted by Crippen LogP contribution is -2.54. The standard InChI is InChI=1S/C32H39FN2O/c1-30-11-9-27-18-26-6-3-22(21-35(2)16-14-33)19-31(26)12-13-32(27,36-31)29(30)8-7-28(30)24-5-4-23-10-15-34-20-25(23)17-24/h4-5,9-10,15,17-18,20,22,28-29H,3,6-8,11-14,16,19,21H2,1-2H3/t22-,28-,29-,30-,31-,32-/m1/s1. The van der Waals surface area contributed by atoms with Gasteiger partial charge in [-0.2, -0.15) is 0 Å². The first-order valence-electron chi connectivity index (χ1n) is 14.2. The van der Waals surface area contributed by atoms with Gasteiger partial charge in [-0.3, -0.25) is 4.98 Å². The molecule has 3 heterocycles. The van der Waals surface area contributed by atoms with Crippen LogP contribution in [0.2, 0.25) is 0 Å². The zero-order valence-corrected chi connectivity index (χ0v) is 21.8. The summed E-state index contributed by atoms with van der Waals surface area (Å²) in [5, 5.41) is 2.52. The normalized spacial score (nSPS) is 38.9. The van der Waals surface area contributed by atoms with Crippen LogP contribution in [0.25, 0.3) is 10.8 Å². The third kappa shape index (κ3) is 3.26. The number of aromatic nitrogens is 1. The molecule has 190 valence electrons. The van der Waals surface area contributed by atoms with Crippen molar-refractivity contribution in [2.24, 2.45) is 17.3 Å². The van der Waals surface area contributed by atoms with E-state index in [1.165, 1.54) is 41.2 Å². The smallest absolute Gasteiger partial charge is 0.102 e. The first-order valence-corrected chi connectivity index (χ1v) is 14.2. The Hall–Kier alpha value is -2.04. The molecule has 0 N–H and O–H groups in total. The molecule has 0 radical (unpaired) electrons. The van der Waals surface area contributed by atoms with Crippen LogP contribution in [-0.2, 0) is 4.74 Å². The molecule has 3 nitrogen and oxygen atoms in total. The van der Waals surface area contributed by atoms with Crippen molar-refractivity contribution >= 4 is 10.8 Å². The van der Waals surface area contributed by atoms with Gasteiger partial charge in [-0.1, -0.05) is 31.2 Å². The molecule has 1 aromatic carbocycles. The molecule has 2 spiro atoms. The fourth-order valence-corrected chi connectivity index (χ4v) is 9.21. The highest BCUT2D eigenvalue weighted by molar-refractivity contribution is 5.82. The molecular formula is C32H39FN2O. The molecule has 1 aromatic heterocycles. The van der Waals surface area contributed by atoms with Crippen LogP contribution in [0, 0.1) is 17.3 Å². The van der Waals surface area contributed by atoms with Crippen molar-refractivity contribution in [3.05, 3.63) is 65.5 Å². The van der Waals surface area contributed by atoms with Crippen molar-refractivity contribution in [2.75, 3.05) is 26.8 Å². The van der Waals surface area contributed by atoms with E-state index in [9.17, 15) is 4.39 Å². The fourth-order valence-electron chi connectivity index (χ4n) is 9.21. The van der Waals surface area contributed by atoms with Crippen LogP contribution in [0.15, 0.2) is 60.0 Å². The quantitative estimate of drug-likeness (QED) is 0.455. The fraction of sp³-hybridized carbons (Fsp3) is 0.594. The van der Waals surface area contributed by atoms with Gasteiger partial charge in [0.15, 0.2) is 0 Å². The summed E-state index contributed by atoms with van der Waals surface area (Å²) < 4.78 is 20.4. The number of alkyl halides is 1. The third-order valence-corrected chi connectivity index (χ3v) is 10.9. The third-order valence-electron chi connectivity index (χ3n) is 10.9. The van der Waals surface area contributed by atoms with Gasteiger partial charge < -0.3 is 9.64 Å². The molecule has 5 aliphatic rings. The first kappa shape index (κ1) is 23.1. The Morgan fingerprint density at radius 3 is 2.94 bits per heavy atom. The Labute approximate surface area is 214 Å². The van der Waals surface area contributed by atoms with Crippen LogP contribution in [0.5, 0.6) is 0 Å². The molecule has 36 heavy (non-hydrogen) atoms. The van der Waals surface area contributed by atoms with Gasteiger partial charge in [-0.25, -0.2) is 4.39 Å². The van der Waals surface area contributed by atoms with Crippen LogP contribution in [-0.4, -0.2) is 47.9 Å². The second-order valence-electron chi connectivity index (χ2n) is 12.7. The maximum absolute atomic E-state index is 12.9. The molecular weight excluding hydrogens is 447 g/mol. The Morgan fingerprint density at radius 1 is 1.14 bits per heavy atom. The number of benzene rings is 1. The molecule has 4 heteroatoms. The number of ether oxygens (including phenoxy) is 1. The molecule has 6 atom stereocenters. The lowest BCUT2D eigenvalue weighted by atomic mass is 9.58. The second-order valence-corrected chi connectivity index (χ2v) is 12.7. The number of nitrogens with zero attached hydrogens (tertiary/aromatic N) is 2. The summed E-state index contributed by atoms with van der Waals surface area (Å²) in [6.07, 6.45) is 18.4. The predicted octanol–water partition coefficient (Wildman–Crippen LogP) is 6.99. The lowest BCUT2D eigenvalue weighted by molar-refractivity contribution is -0.139. The van der Waals surface area contributed by atoms with Crippen LogP contribution >= 0.6 is 0 Å². The van der Waals surface area contributed by atoms with Gasteiger partial charge in [0.2, 0.25) is 0 Å². The maximum atomic E-state index is 12.9. The number of rotatable bonds is 5. The molecule has 3 aliphatic carbocycles. The molecule has 1 saturated heterocycles. The Balaban J connectivity index is 1.20. The highest BCUT2D eigenvalue weighted by Crippen LogP contribution is 2.69. The summed E-state index contributed by atoms with van der Waals surface area (Å²) in [7, 11) is 2.06. The highest BCUT2D eigenvalue weighted by Gasteiger charge is 2.66. The number of pyridine rings is 1. The molecule has 3 fully saturated rings. The molecule has 2 saturated carbocycles. The second kappa shape index (κ2) is 8.23. The lowest BCUT2D eigenvalue weighted by Gasteiger charge is -2.54. The first-order chi connectivity index (χ1) is 17.5. The average molecular weight is 487 g/mol. The number of fused-ring (bicyclic) bond motifs is 2. The van der Waals surface area contributed by atoms with Crippen LogP contribution < -0.4 is 0 Å². The van der Waals surface area contributed by atoms with E-state index in [0.717, 1.165) is 38.6 Å². The summed E-state index contributed by atoms with van der Waals surface area (Å²) >= 11 is 0. The summed E-state index contributed by atoms with van der Waals surface area (Å²) in [5.74, 6) is 1.71. The largest absolute Gasteiger partial charge is 0.359 e. The Morgan fingerprint density at radius 2 is 2.06 bits per heavy atom. The SMILES string of the molecule is CN(CCF)C[C@@H]1CCC2=CC3=CC[C@]4(C)[C@@H](c5ccc6ccncc6c5)CC[C@H]4[C@@]34CC[C@]2(C1)O4. The summed E-state index contributed by atoms with van der Waals surface area (Å²) in [5.41, 5.74) is 4.53. The minimum absolute atomic E-state index is 0.0816. The van der Waals surface area contributed by atoms with Crippen molar-refractivity contribution in [1.82, 2.24) is 9.88 Å². The van der Waals surface area contributed by atoms with Crippen LogP contribution in [0.3, 0.4) is 0 Å². The van der Waals surface area contributed by atoms with Crippen molar-refractivity contribution in [3.63, 3.8) is 0 Å². The van der Waals surface area contributed by atoms with Gasteiger partial charge in [0.05, 0.1) is 11.2 Å². The molecule has 2 aliphatic heterocycles. The minimum atomic E-state index is -0.261. The van der Waals surface area contributed by atoms with E-state index < -0.39 is 0 Å². The molecule has 2 bridgehead atoms. The Bertz CT molecular complexity index is 1250. The van der Waals surface area contributed by atoms with Gasteiger partial charge >= 0.3 is 0 Å². The van der Waals surface area contributed by atoms with E-state index in [1.807, 2.05) is 12.4 Å². The van der Waals surface area contributed by atoms with E-state index in [1.54, 1.807) is 5.57 Å². The molecule has 7 rings (SSSR count). The Kier molecular flexibility index (Phi) is 5.28. The summed E-state index contributed by atoms with van der Waals surface area (Å²) in [4.78, 5) is 6.55. The maximum Gasteiger partial charge on any atom is 0.102 e. The van der Waals surface area contributed by atoms with Gasteiger partial charge in [0, 0.05) is 30.9 Å². The number of allylic oxidation sites excluding steroid dienone is 1. The van der Waals surface area contributed by atoms with Gasteiger partial charge in [0.25, 0.3) is 0 Å². The summed E-state index contributed by atoms with van der Waals surface area (Å²) in [6.45, 7) is 3.81. The van der Waals surface area contributed by atoms with E-state index in [2.05, 4.69) is 60.3 Å². The average Bonchev–Trinajstić information content (AvgIpc) is 3.39. The minimum Gasteiger partial charge on any atom is -0.359 e. The van der Waals surface area contributed by atoms with Crippen molar-refractivity contribution in [2.45, 2.75) is 75.4 Å². The van der Waals surface area contributed by atoms with Crippen molar-refractivity contribution in [3.8, 4) is 0 Å². The van der Waals surface area contributed by atoms with E-state index in [-0.39, 0.29) is 23.3 Å².